The summed E-state index contributed by atoms with van der Waals surface area (Å²) in [6.07, 6.45) is 0.0174. The second kappa shape index (κ2) is 9.67. The largest absolute Gasteiger partial charge is 0.510 e. The van der Waals surface area contributed by atoms with E-state index in [0.717, 1.165) is 28.7 Å². The van der Waals surface area contributed by atoms with Gasteiger partial charge >= 0.3 is 0 Å². The molecule has 0 bridgehead atoms. The number of rotatable bonds is 5. The van der Waals surface area contributed by atoms with E-state index in [4.69, 9.17) is 0 Å². The van der Waals surface area contributed by atoms with Crippen LogP contribution in [-0.2, 0) is 22.4 Å². The molecule has 3 aliphatic rings. The van der Waals surface area contributed by atoms with E-state index >= 15 is 0 Å². The van der Waals surface area contributed by atoms with Gasteiger partial charge in [-0.15, -0.1) is 0 Å². The molecule has 1 fully saturated rings. The molecule has 0 radical (unpaired) electrons. The molecule has 0 saturated heterocycles. The summed E-state index contributed by atoms with van der Waals surface area (Å²) >= 11 is 0. The number of fused-ring (bicyclic) bond motifs is 3. The number of aryl methyl sites for hydroxylation is 1. The van der Waals surface area contributed by atoms with E-state index in [9.17, 15) is 24.9 Å². The van der Waals surface area contributed by atoms with E-state index < -0.39 is 28.1 Å². The van der Waals surface area contributed by atoms with E-state index in [2.05, 4.69) is 44.3 Å². The van der Waals surface area contributed by atoms with Gasteiger partial charge in [0.05, 0.1) is 17.1 Å². The highest BCUT2D eigenvalue weighted by Gasteiger charge is 2.72. The van der Waals surface area contributed by atoms with Gasteiger partial charge in [-0.2, -0.15) is 0 Å². The molecule has 1 saturated carbocycles. The molecule has 5 heteroatoms. The Balaban J connectivity index is 1.65. The minimum absolute atomic E-state index is 0.0361. The number of allylic oxidation sites excluding steroid dienone is 4. The lowest BCUT2D eigenvalue weighted by atomic mass is 9.40. The van der Waals surface area contributed by atoms with Crippen LogP contribution in [0.25, 0.3) is 5.76 Å². The monoisotopic (exact) mass is 566 g/mol. The lowest BCUT2D eigenvalue weighted by Crippen LogP contribution is -2.67. The molecule has 0 heterocycles. The van der Waals surface area contributed by atoms with Crippen LogP contribution in [0.5, 0.6) is 0 Å². The Bertz CT molecular complexity index is 1640. The summed E-state index contributed by atoms with van der Waals surface area (Å²) in [6.45, 7) is 20.9. The van der Waals surface area contributed by atoms with Crippen LogP contribution in [-0.4, -0.2) is 33.0 Å². The molecule has 5 atom stereocenters. The summed E-state index contributed by atoms with van der Waals surface area (Å²) < 4.78 is 0. The third kappa shape index (κ3) is 3.79. The van der Waals surface area contributed by atoms with Crippen LogP contribution in [0.15, 0.2) is 77.6 Å². The van der Waals surface area contributed by atoms with Crippen LogP contribution in [0.1, 0.15) is 80.3 Å². The second-order valence-corrected chi connectivity index (χ2v) is 13.5. The molecular formula is C37H42O5. The van der Waals surface area contributed by atoms with Crippen LogP contribution in [0, 0.1) is 30.1 Å². The van der Waals surface area contributed by atoms with Crippen molar-refractivity contribution in [2.45, 2.75) is 79.8 Å². The van der Waals surface area contributed by atoms with Crippen molar-refractivity contribution in [2.75, 3.05) is 0 Å². The minimum atomic E-state index is -1.62. The molecule has 0 aliphatic heterocycles. The van der Waals surface area contributed by atoms with Crippen LogP contribution in [0.2, 0.25) is 0 Å². The average Bonchev–Trinajstić information content (AvgIpc) is 2.91. The fourth-order valence-corrected chi connectivity index (χ4v) is 7.95. The van der Waals surface area contributed by atoms with E-state index in [1.54, 1.807) is 27.7 Å². The van der Waals surface area contributed by atoms with Gasteiger partial charge in [-0.1, -0.05) is 81.5 Å². The molecule has 220 valence electrons. The zero-order valence-corrected chi connectivity index (χ0v) is 25.8. The first-order valence-corrected chi connectivity index (χ1v) is 14.7. The van der Waals surface area contributed by atoms with E-state index in [0.29, 0.717) is 17.6 Å². The Hall–Kier alpha value is -3.70. The summed E-state index contributed by atoms with van der Waals surface area (Å²) in [4.78, 5) is 27.9. The highest BCUT2D eigenvalue weighted by molar-refractivity contribution is 6.13. The number of carbonyl (C=O) groups excluding carboxylic acids is 2. The number of aliphatic hydroxyl groups excluding tert-OH is 3. The van der Waals surface area contributed by atoms with Crippen molar-refractivity contribution in [2.24, 2.45) is 16.2 Å². The van der Waals surface area contributed by atoms with Crippen molar-refractivity contribution in [1.82, 2.24) is 0 Å². The molecule has 2 aromatic carbocycles. The maximum absolute atomic E-state index is 14.6. The number of aliphatic hydroxyl groups is 3. The number of carbonyl (C=O) groups is 2. The van der Waals surface area contributed by atoms with Crippen molar-refractivity contribution in [1.29, 1.82) is 0 Å². The standard InChI is InChI=1S/C37H42O5/c1-19(2)28-27(38)18-35(7)34(42)36(8)23(6)26-15-14-25(17-21(4)16-24-12-10-20(3)11-13-24)22(5)29(26)31(39)30(36)33(41)37(35,9)32(28)40/h10-15,23,34,39-40,42H,1,4,16-18H2,2-3,5-9H3/t23-,34+,35+,36+,37-/m1/s1. The Kier molecular flexibility index (Phi) is 6.86. The fraction of sp³-hybridized carbons (Fsp3) is 0.405. The van der Waals surface area contributed by atoms with Crippen molar-refractivity contribution < 1.29 is 24.9 Å². The van der Waals surface area contributed by atoms with E-state index in [1.165, 1.54) is 11.1 Å². The average molecular weight is 567 g/mol. The number of benzene rings is 2. The van der Waals surface area contributed by atoms with Crippen LogP contribution in [0.4, 0.5) is 0 Å². The highest BCUT2D eigenvalue weighted by Crippen LogP contribution is 2.68. The van der Waals surface area contributed by atoms with Gasteiger partial charge in [0.1, 0.15) is 11.5 Å². The molecule has 0 spiro atoms. The predicted molar refractivity (Wildman–Crippen MR) is 166 cm³/mol. The van der Waals surface area contributed by atoms with Crippen LogP contribution in [0.3, 0.4) is 0 Å². The van der Waals surface area contributed by atoms with Gasteiger partial charge in [0.2, 0.25) is 0 Å². The third-order valence-corrected chi connectivity index (χ3v) is 10.9. The minimum Gasteiger partial charge on any atom is -0.510 e. The lowest BCUT2D eigenvalue weighted by molar-refractivity contribution is -0.171. The number of hydrogen-bond donors (Lipinski definition) is 3. The van der Waals surface area contributed by atoms with Gasteiger partial charge in [-0.05, 0) is 74.3 Å². The van der Waals surface area contributed by atoms with E-state index in [1.807, 2.05) is 26.0 Å². The first-order valence-electron chi connectivity index (χ1n) is 14.7. The van der Waals surface area contributed by atoms with Crippen molar-refractivity contribution in [3.8, 4) is 0 Å². The predicted octanol–water partition coefficient (Wildman–Crippen LogP) is 7.35. The molecule has 2 aromatic rings. The maximum Gasteiger partial charge on any atom is 0.177 e. The summed E-state index contributed by atoms with van der Waals surface area (Å²) in [5.74, 6) is -1.71. The smallest absolute Gasteiger partial charge is 0.177 e. The molecule has 3 N–H and O–H groups in total. The quantitative estimate of drug-likeness (QED) is 0.329. The molecule has 0 unspecified atom stereocenters. The van der Waals surface area contributed by atoms with Gasteiger partial charge in [0.25, 0.3) is 0 Å². The lowest BCUT2D eigenvalue weighted by Gasteiger charge is -2.62. The van der Waals surface area contributed by atoms with Gasteiger partial charge in [-0.3, -0.25) is 9.59 Å². The Morgan fingerprint density at radius 2 is 1.60 bits per heavy atom. The SMILES string of the molecule is C=C(Cc1ccc(C)cc1)Cc1ccc2c(c1C)C(O)=C1C(=O)[C@@]3(C)C(O)=C(C(=C)C)C(=O)C[C@@]3(C)[C@H](O)[C@@]1(C)[C@@H]2C. The Morgan fingerprint density at radius 3 is 2.19 bits per heavy atom. The summed E-state index contributed by atoms with van der Waals surface area (Å²) in [5, 5.41) is 35.7. The summed E-state index contributed by atoms with van der Waals surface area (Å²) in [7, 11) is 0. The Morgan fingerprint density at radius 1 is 0.976 bits per heavy atom. The van der Waals surface area contributed by atoms with Gasteiger partial charge in [0, 0.05) is 28.4 Å². The first-order chi connectivity index (χ1) is 19.5. The van der Waals surface area contributed by atoms with Gasteiger partial charge in [-0.25, -0.2) is 0 Å². The van der Waals surface area contributed by atoms with Crippen LogP contribution >= 0.6 is 0 Å². The van der Waals surface area contributed by atoms with Crippen molar-refractivity contribution in [3.05, 3.63) is 111 Å². The highest BCUT2D eigenvalue weighted by atomic mass is 16.3. The third-order valence-electron chi connectivity index (χ3n) is 10.9. The molecule has 42 heavy (non-hydrogen) atoms. The molecule has 5 rings (SSSR count). The van der Waals surface area contributed by atoms with Crippen molar-refractivity contribution >= 4 is 17.3 Å². The van der Waals surface area contributed by atoms with E-state index in [-0.39, 0.29) is 40.8 Å². The normalized spacial score (nSPS) is 30.6. The maximum atomic E-state index is 14.6. The molecule has 3 aliphatic carbocycles. The topological polar surface area (TPSA) is 94.8 Å². The Labute approximate surface area is 249 Å². The van der Waals surface area contributed by atoms with Crippen LogP contribution < -0.4 is 0 Å². The number of hydrogen-bond acceptors (Lipinski definition) is 5. The summed E-state index contributed by atoms with van der Waals surface area (Å²) in [5.41, 5.74) is 3.12. The fourth-order valence-electron chi connectivity index (χ4n) is 7.95. The number of Topliss-reactive ketones (excluding diaryl/α,β-unsaturated/α-hetero) is 2. The summed E-state index contributed by atoms with van der Waals surface area (Å²) in [6, 6.07) is 12.4. The zero-order chi connectivity index (χ0) is 31.1. The first kappa shape index (κ1) is 29.8. The van der Waals surface area contributed by atoms with Crippen molar-refractivity contribution in [3.63, 3.8) is 0 Å². The molecular weight excluding hydrogens is 524 g/mol. The zero-order valence-electron chi connectivity index (χ0n) is 25.8. The van der Waals surface area contributed by atoms with Gasteiger partial charge in [0.15, 0.2) is 11.6 Å². The second-order valence-electron chi connectivity index (χ2n) is 13.5. The molecule has 0 amide bonds. The van der Waals surface area contributed by atoms with Gasteiger partial charge < -0.3 is 15.3 Å². The molecule has 0 aromatic heterocycles. The number of ketones is 2. The molecule has 5 nitrogen and oxygen atoms in total.